The van der Waals surface area contributed by atoms with E-state index >= 15 is 0 Å². The fourth-order valence-corrected chi connectivity index (χ4v) is 3.57. The van der Waals surface area contributed by atoms with E-state index in [1.165, 1.54) is 5.56 Å². The molecule has 2 aliphatic rings. The highest BCUT2D eigenvalue weighted by atomic mass is 35.5. The van der Waals surface area contributed by atoms with Crippen molar-refractivity contribution in [2.24, 2.45) is 0 Å². The van der Waals surface area contributed by atoms with Crippen LogP contribution in [0.3, 0.4) is 0 Å². The molecule has 0 amide bonds. The molecule has 2 unspecified atom stereocenters. The van der Waals surface area contributed by atoms with Crippen LogP contribution in [0.1, 0.15) is 5.56 Å². The van der Waals surface area contributed by atoms with Gasteiger partial charge in [0.15, 0.2) is 0 Å². The number of rotatable bonds is 1. The molecule has 1 aromatic rings. The van der Waals surface area contributed by atoms with Crippen molar-refractivity contribution in [3.05, 3.63) is 58.1 Å². The summed E-state index contributed by atoms with van der Waals surface area (Å²) in [5, 5.41) is 2.12. The van der Waals surface area contributed by atoms with Crippen LogP contribution < -0.4 is 0 Å². The molecule has 1 heterocycles. The van der Waals surface area contributed by atoms with Crippen molar-refractivity contribution in [1.29, 1.82) is 0 Å². The summed E-state index contributed by atoms with van der Waals surface area (Å²) in [6.07, 6.45) is 6.28. The Hall–Kier alpha value is -0.370. The first-order chi connectivity index (χ1) is 7.21. The number of hydrogen-bond donors (Lipinski definition) is 0. The Morgan fingerprint density at radius 1 is 1.13 bits per heavy atom. The molecule has 0 radical (unpaired) electrons. The highest BCUT2D eigenvalue weighted by Gasteiger charge is 2.54. The zero-order chi connectivity index (χ0) is 10.5. The zero-order valence-electron chi connectivity index (χ0n) is 7.78. The van der Waals surface area contributed by atoms with Crippen LogP contribution in [-0.4, -0.2) is 5.25 Å². The quantitative estimate of drug-likeness (QED) is 0.672. The van der Waals surface area contributed by atoms with Crippen LogP contribution in [0.25, 0.3) is 0 Å². The van der Waals surface area contributed by atoms with Gasteiger partial charge in [-0.25, -0.2) is 0 Å². The van der Waals surface area contributed by atoms with E-state index in [4.69, 9.17) is 23.2 Å². The second kappa shape index (κ2) is 3.31. The zero-order valence-corrected chi connectivity index (χ0v) is 10.1. The summed E-state index contributed by atoms with van der Waals surface area (Å²) in [4.78, 5) is 0. The maximum Gasteiger partial charge on any atom is 0.0752 e. The minimum atomic E-state index is 0.128. The normalized spacial score (nSPS) is 32.1. The molecular formula is C12H8Cl2S. The van der Waals surface area contributed by atoms with Crippen LogP contribution in [0.4, 0.5) is 0 Å². The van der Waals surface area contributed by atoms with E-state index in [-0.39, 0.29) is 4.75 Å². The lowest BCUT2D eigenvalue weighted by atomic mass is 9.92. The van der Waals surface area contributed by atoms with E-state index in [9.17, 15) is 0 Å². The Labute approximate surface area is 103 Å². The van der Waals surface area contributed by atoms with E-state index in [1.54, 1.807) is 0 Å². The van der Waals surface area contributed by atoms with Gasteiger partial charge in [0.25, 0.3) is 0 Å². The third-order valence-electron chi connectivity index (χ3n) is 2.78. The summed E-state index contributed by atoms with van der Waals surface area (Å²) in [7, 11) is 0. The summed E-state index contributed by atoms with van der Waals surface area (Å²) in [5.41, 5.74) is 1.30. The van der Waals surface area contributed by atoms with Crippen molar-refractivity contribution in [1.82, 2.24) is 0 Å². The van der Waals surface area contributed by atoms with Gasteiger partial charge in [0, 0.05) is 15.3 Å². The lowest BCUT2D eigenvalue weighted by Gasteiger charge is -2.12. The number of halogens is 2. The Bertz CT molecular complexity index is 461. The molecule has 3 heteroatoms. The average molecular weight is 255 g/mol. The van der Waals surface area contributed by atoms with Crippen molar-refractivity contribution in [3.63, 3.8) is 0 Å². The van der Waals surface area contributed by atoms with Crippen LogP contribution in [0, 0.1) is 0 Å². The third kappa shape index (κ3) is 1.54. The molecule has 2 atom stereocenters. The Morgan fingerprint density at radius 3 is 2.53 bits per heavy atom. The maximum absolute atomic E-state index is 5.95. The lowest BCUT2D eigenvalue weighted by Crippen LogP contribution is -2.10. The minimum Gasteiger partial charge on any atom is -0.135 e. The van der Waals surface area contributed by atoms with E-state index < -0.39 is 0 Å². The summed E-state index contributed by atoms with van der Waals surface area (Å²) < 4.78 is 0.128. The van der Waals surface area contributed by atoms with Crippen molar-refractivity contribution >= 4 is 35.0 Å². The summed E-state index contributed by atoms with van der Waals surface area (Å²) in [5.74, 6) is 0. The van der Waals surface area contributed by atoms with Crippen molar-refractivity contribution in [3.8, 4) is 0 Å². The predicted octanol–water partition coefficient (Wildman–Crippen LogP) is 4.34. The average Bonchev–Trinajstić information content (AvgIpc) is 2.93. The molecule has 0 spiro atoms. The minimum absolute atomic E-state index is 0.128. The van der Waals surface area contributed by atoms with Crippen LogP contribution in [0.2, 0.25) is 5.02 Å². The summed E-state index contributed by atoms with van der Waals surface area (Å²) in [6.45, 7) is 0. The molecule has 1 aromatic carbocycles. The van der Waals surface area contributed by atoms with E-state index in [0.717, 1.165) is 10.1 Å². The second-order valence-corrected chi connectivity index (χ2v) is 6.02. The summed E-state index contributed by atoms with van der Waals surface area (Å²) >= 11 is 13.7. The Morgan fingerprint density at radius 2 is 1.87 bits per heavy atom. The van der Waals surface area contributed by atoms with Crippen LogP contribution in [0.15, 0.2) is 47.5 Å². The van der Waals surface area contributed by atoms with Gasteiger partial charge in [0.2, 0.25) is 0 Å². The number of hydrogen-bond acceptors (Lipinski definition) is 1. The van der Waals surface area contributed by atoms with Crippen LogP contribution in [-0.2, 0) is 4.75 Å². The molecule has 0 saturated carbocycles. The molecule has 1 aliphatic carbocycles. The number of thioether (sulfide) groups is 1. The summed E-state index contributed by atoms with van der Waals surface area (Å²) in [6, 6.07) is 8.06. The van der Waals surface area contributed by atoms with Gasteiger partial charge in [-0.3, -0.25) is 0 Å². The molecule has 15 heavy (non-hydrogen) atoms. The Balaban J connectivity index is 1.98. The first-order valence-electron chi connectivity index (χ1n) is 4.71. The predicted molar refractivity (Wildman–Crippen MR) is 67.6 cm³/mol. The molecule has 76 valence electrons. The molecule has 1 saturated heterocycles. The highest BCUT2D eigenvalue weighted by Crippen LogP contribution is 2.64. The van der Waals surface area contributed by atoms with E-state index in [0.29, 0.717) is 5.25 Å². The molecular weight excluding hydrogens is 247 g/mol. The van der Waals surface area contributed by atoms with Gasteiger partial charge in [-0.2, -0.15) is 0 Å². The van der Waals surface area contributed by atoms with Gasteiger partial charge < -0.3 is 0 Å². The molecule has 1 aliphatic heterocycles. The van der Waals surface area contributed by atoms with Crippen molar-refractivity contribution in [2.75, 3.05) is 0 Å². The van der Waals surface area contributed by atoms with Gasteiger partial charge in [-0.05, 0) is 23.8 Å². The fraction of sp³-hybridized carbons (Fsp3) is 0.167. The largest absolute Gasteiger partial charge is 0.135 e. The molecule has 0 nitrogen and oxygen atoms in total. The smallest absolute Gasteiger partial charge is 0.0752 e. The monoisotopic (exact) mass is 254 g/mol. The van der Waals surface area contributed by atoms with Crippen molar-refractivity contribution < 1.29 is 0 Å². The maximum atomic E-state index is 5.95. The van der Waals surface area contributed by atoms with Gasteiger partial charge >= 0.3 is 0 Å². The number of allylic oxidation sites excluding steroid dienone is 2. The lowest BCUT2D eigenvalue weighted by molar-refractivity contribution is 0.902. The second-order valence-electron chi connectivity index (χ2n) is 3.72. The Kier molecular flexibility index (Phi) is 2.17. The van der Waals surface area contributed by atoms with E-state index in [2.05, 4.69) is 24.3 Å². The van der Waals surface area contributed by atoms with E-state index in [1.807, 2.05) is 30.0 Å². The molecule has 3 rings (SSSR count). The molecule has 0 aromatic heterocycles. The first kappa shape index (κ1) is 9.83. The molecule has 1 fully saturated rings. The van der Waals surface area contributed by atoms with Gasteiger partial charge in [-0.1, -0.05) is 47.5 Å². The molecule has 0 N–H and O–H groups in total. The van der Waals surface area contributed by atoms with Gasteiger partial charge in [0.1, 0.15) is 0 Å². The van der Waals surface area contributed by atoms with Crippen LogP contribution >= 0.6 is 35.0 Å². The van der Waals surface area contributed by atoms with Crippen LogP contribution in [0.5, 0.6) is 0 Å². The molecule has 0 bridgehead atoms. The first-order valence-corrected chi connectivity index (χ1v) is 6.35. The van der Waals surface area contributed by atoms with Gasteiger partial charge in [0.05, 0.1) is 4.75 Å². The SMILES string of the molecule is ClC1=CC2SC2(c2ccc(Cl)cc2)C=C1. The number of fused-ring (bicyclic) bond motifs is 1. The topological polar surface area (TPSA) is 0 Å². The highest BCUT2D eigenvalue weighted by molar-refractivity contribution is 8.08. The van der Waals surface area contributed by atoms with Gasteiger partial charge in [-0.15, -0.1) is 11.8 Å². The fourth-order valence-electron chi connectivity index (χ4n) is 1.91. The standard InChI is InChI=1S/C12H8Cl2S/c13-9-3-1-8(2-4-9)12-6-5-10(14)7-11(12)15-12/h1-7,11H. The third-order valence-corrected chi connectivity index (χ3v) is 4.81. The van der Waals surface area contributed by atoms with Crippen molar-refractivity contribution in [2.45, 2.75) is 10.00 Å². The number of benzene rings is 1.